The van der Waals surface area contributed by atoms with Gasteiger partial charge in [-0.05, 0) is 48.5 Å². The molecule has 0 bridgehead atoms. The summed E-state index contributed by atoms with van der Waals surface area (Å²) in [6, 6.07) is 11.6. The van der Waals surface area contributed by atoms with Crippen LogP contribution in [0.5, 0.6) is 0 Å². The van der Waals surface area contributed by atoms with E-state index in [0.717, 1.165) is 0 Å². The molecule has 0 aromatic heterocycles. The van der Waals surface area contributed by atoms with Gasteiger partial charge < -0.3 is 11.1 Å². The summed E-state index contributed by atoms with van der Waals surface area (Å²) in [7, 11) is -4.23. The van der Waals surface area contributed by atoms with Crippen molar-refractivity contribution >= 4 is 27.4 Å². The van der Waals surface area contributed by atoms with Gasteiger partial charge in [0.05, 0.1) is 4.90 Å². The van der Waals surface area contributed by atoms with E-state index in [1.807, 2.05) is 0 Å². The maximum atomic E-state index is 11.9. The fourth-order valence-corrected chi connectivity index (χ4v) is 2.03. The van der Waals surface area contributed by atoms with Gasteiger partial charge in [0.15, 0.2) is 0 Å². The van der Waals surface area contributed by atoms with E-state index in [2.05, 4.69) is 5.32 Å². The molecule has 21 heavy (non-hydrogen) atoms. The Labute approximate surface area is 144 Å². The second kappa shape index (κ2) is 7.06. The topological polar surface area (TPSA) is 109 Å². The fourth-order valence-electron chi connectivity index (χ4n) is 1.55. The average Bonchev–Trinajstić information content (AvgIpc) is 2.39. The van der Waals surface area contributed by atoms with Gasteiger partial charge >= 0.3 is 29.6 Å². The van der Waals surface area contributed by atoms with Crippen LogP contribution in [0.4, 0.5) is 11.4 Å². The predicted molar refractivity (Wildman–Crippen MR) is 75.1 cm³/mol. The third-order valence-corrected chi connectivity index (χ3v) is 3.45. The van der Waals surface area contributed by atoms with E-state index in [0.29, 0.717) is 16.9 Å². The van der Waals surface area contributed by atoms with Gasteiger partial charge in [-0.3, -0.25) is 9.35 Å². The summed E-state index contributed by atoms with van der Waals surface area (Å²) < 4.78 is 30.6. The van der Waals surface area contributed by atoms with Crippen LogP contribution in [0.15, 0.2) is 53.4 Å². The molecule has 2 rings (SSSR count). The Morgan fingerprint density at radius 3 is 2.00 bits per heavy atom. The number of anilines is 2. The molecule has 0 saturated heterocycles. The number of amides is 1. The van der Waals surface area contributed by atoms with Gasteiger partial charge in [0.25, 0.3) is 16.0 Å². The number of nitrogens with two attached hydrogens (primary N) is 1. The summed E-state index contributed by atoms with van der Waals surface area (Å²) in [6.07, 6.45) is 0. The van der Waals surface area contributed by atoms with E-state index in [-0.39, 0.29) is 40.4 Å². The molecule has 0 aliphatic carbocycles. The van der Waals surface area contributed by atoms with Crippen LogP contribution in [0.2, 0.25) is 0 Å². The zero-order valence-corrected chi connectivity index (χ0v) is 14.1. The smallest absolute Gasteiger partial charge is 0.399 e. The summed E-state index contributed by atoms with van der Waals surface area (Å²) in [5, 5.41) is 2.60. The first-order valence-corrected chi connectivity index (χ1v) is 7.05. The van der Waals surface area contributed by atoms with Gasteiger partial charge in [0.1, 0.15) is 0 Å². The SMILES string of the molecule is Nc1ccc(C(=O)Nc2ccc(S(=O)(=O)O)cc2)cc1.[Na+]. The molecule has 0 aliphatic heterocycles. The molecule has 1 amide bonds. The minimum absolute atomic E-state index is 0. The van der Waals surface area contributed by atoms with E-state index in [1.165, 1.54) is 24.3 Å². The van der Waals surface area contributed by atoms with E-state index in [1.54, 1.807) is 24.3 Å². The Kier molecular flexibility index (Phi) is 5.94. The predicted octanol–water partition coefficient (Wildman–Crippen LogP) is -1.23. The Morgan fingerprint density at radius 2 is 1.52 bits per heavy atom. The van der Waals surface area contributed by atoms with Crippen molar-refractivity contribution in [2.45, 2.75) is 4.90 Å². The van der Waals surface area contributed by atoms with Crippen LogP contribution < -0.4 is 40.6 Å². The molecule has 8 heteroatoms. The van der Waals surface area contributed by atoms with Crippen LogP contribution in [0.25, 0.3) is 0 Å². The van der Waals surface area contributed by atoms with Gasteiger partial charge in [-0.2, -0.15) is 8.42 Å². The average molecular weight is 315 g/mol. The van der Waals surface area contributed by atoms with E-state index in [9.17, 15) is 13.2 Å². The van der Waals surface area contributed by atoms with Crippen molar-refractivity contribution < 1.29 is 47.3 Å². The minimum Gasteiger partial charge on any atom is -0.399 e. The van der Waals surface area contributed by atoms with Crippen molar-refractivity contribution in [1.29, 1.82) is 0 Å². The number of carbonyl (C=O) groups excluding carboxylic acids is 1. The molecule has 0 heterocycles. The zero-order chi connectivity index (χ0) is 14.8. The van der Waals surface area contributed by atoms with E-state index in [4.69, 9.17) is 10.3 Å². The minimum atomic E-state index is -4.23. The largest absolute Gasteiger partial charge is 1.00 e. The molecule has 0 radical (unpaired) electrons. The molecule has 2 aromatic carbocycles. The summed E-state index contributed by atoms with van der Waals surface area (Å²) in [5.74, 6) is -0.343. The standard InChI is InChI=1S/C13H12N2O4S.Na/c14-10-3-1-9(2-4-10)13(16)15-11-5-7-12(8-6-11)20(17,18)19;/h1-8H,14H2,(H,15,16)(H,17,18,19);/q;+1. The summed E-state index contributed by atoms with van der Waals surface area (Å²) in [5.41, 5.74) is 6.92. The van der Waals surface area contributed by atoms with Crippen molar-refractivity contribution in [3.8, 4) is 0 Å². The number of rotatable bonds is 3. The van der Waals surface area contributed by atoms with Gasteiger partial charge in [0.2, 0.25) is 0 Å². The number of hydrogen-bond donors (Lipinski definition) is 3. The molecular formula is C13H12N2NaO4S+. The molecule has 0 aliphatic rings. The van der Waals surface area contributed by atoms with Crippen LogP contribution in [-0.2, 0) is 10.1 Å². The van der Waals surface area contributed by atoms with Crippen LogP contribution in [0, 0.1) is 0 Å². The van der Waals surface area contributed by atoms with Gasteiger partial charge in [-0.25, -0.2) is 0 Å². The van der Waals surface area contributed by atoms with E-state index >= 15 is 0 Å². The molecule has 104 valence electrons. The molecule has 0 saturated carbocycles. The number of nitrogens with one attached hydrogen (secondary N) is 1. The first-order chi connectivity index (χ1) is 9.36. The van der Waals surface area contributed by atoms with Crippen molar-refractivity contribution in [2.24, 2.45) is 0 Å². The Bertz CT molecular complexity index is 728. The summed E-state index contributed by atoms with van der Waals surface area (Å²) in [4.78, 5) is 11.7. The molecule has 0 spiro atoms. The first-order valence-electron chi connectivity index (χ1n) is 5.61. The first kappa shape index (κ1) is 17.7. The number of nitrogen functional groups attached to an aromatic ring is 1. The quantitative estimate of drug-likeness (QED) is 0.373. The van der Waals surface area contributed by atoms with E-state index < -0.39 is 10.1 Å². The van der Waals surface area contributed by atoms with Crippen LogP contribution >= 0.6 is 0 Å². The van der Waals surface area contributed by atoms with Crippen molar-refractivity contribution in [3.63, 3.8) is 0 Å². The van der Waals surface area contributed by atoms with Gasteiger partial charge in [0, 0.05) is 16.9 Å². The zero-order valence-electron chi connectivity index (χ0n) is 11.3. The Balaban J connectivity index is 0.00000220. The second-order valence-electron chi connectivity index (χ2n) is 4.08. The van der Waals surface area contributed by atoms with Crippen molar-refractivity contribution in [2.75, 3.05) is 11.1 Å². The molecule has 4 N–H and O–H groups in total. The molecule has 0 unspecified atom stereocenters. The van der Waals surface area contributed by atoms with Crippen molar-refractivity contribution in [1.82, 2.24) is 0 Å². The Hall–Kier alpha value is -1.38. The Morgan fingerprint density at radius 1 is 1.00 bits per heavy atom. The van der Waals surface area contributed by atoms with Gasteiger partial charge in [-0.15, -0.1) is 0 Å². The number of carbonyl (C=O) groups is 1. The normalized spacial score (nSPS) is 10.5. The third kappa shape index (κ3) is 4.83. The monoisotopic (exact) mass is 315 g/mol. The molecule has 0 atom stereocenters. The fraction of sp³-hybridized carbons (Fsp3) is 0. The van der Waals surface area contributed by atoms with Gasteiger partial charge in [-0.1, -0.05) is 0 Å². The number of benzene rings is 2. The maximum absolute atomic E-state index is 11.9. The molecule has 2 aromatic rings. The van der Waals surface area contributed by atoms with Crippen LogP contribution in [-0.4, -0.2) is 18.9 Å². The van der Waals surface area contributed by atoms with Crippen molar-refractivity contribution in [3.05, 3.63) is 54.1 Å². The van der Waals surface area contributed by atoms with Crippen LogP contribution in [0.1, 0.15) is 10.4 Å². The third-order valence-electron chi connectivity index (χ3n) is 2.58. The summed E-state index contributed by atoms with van der Waals surface area (Å²) >= 11 is 0. The molecular weight excluding hydrogens is 303 g/mol. The van der Waals surface area contributed by atoms with Crippen LogP contribution in [0.3, 0.4) is 0 Å². The second-order valence-corrected chi connectivity index (χ2v) is 5.50. The molecule has 0 fully saturated rings. The maximum Gasteiger partial charge on any atom is 1.00 e. The summed E-state index contributed by atoms with van der Waals surface area (Å²) in [6.45, 7) is 0. The number of hydrogen-bond acceptors (Lipinski definition) is 4. The molecule has 6 nitrogen and oxygen atoms in total.